The van der Waals surface area contributed by atoms with Crippen molar-refractivity contribution in [3.63, 3.8) is 0 Å². The second kappa shape index (κ2) is 49.3. The Labute approximate surface area is 379 Å². The Hall–Kier alpha value is -2.37. The van der Waals surface area contributed by atoms with Gasteiger partial charge in [0.2, 0.25) is 0 Å². The lowest BCUT2D eigenvalue weighted by Gasteiger charge is -2.18. The van der Waals surface area contributed by atoms with Crippen molar-refractivity contribution in [1.82, 2.24) is 0 Å². The summed E-state index contributed by atoms with van der Waals surface area (Å²) in [6.07, 6.45) is 47.3. The first-order valence-corrected chi connectivity index (χ1v) is 25.5. The van der Waals surface area contributed by atoms with E-state index < -0.39 is 37.1 Å². The zero-order valence-electron chi connectivity index (χ0n) is 44.5. The third-order valence-electron chi connectivity index (χ3n) is 10.9. The topological polar surface area (TPSA) is 78.9 Å². The molecule has 0 saturated carbocycles. The Kier molecular flexibility index (Phi) is 40.0. The highest BCUT2D eigenvalue weighted by Gasteiger charge is 2.19. The van der Waals surface area contributed by atoms with Crippen LogP contribution >= 0.6 is 0 Å². The van der Waals surface area contributed by atoms with Gasteiger partial charge in [-0.2, -0.15) is 0 Å². The quantitative estimate of drug-likeness (QED) is 0.0263. The normalized spacial score (nSPS) is 13.7. The number of hydrogen-bond acceptors (Lipinski definition) is 6. The van der Waals surface area contributed by atoms with Gasteiger partial charge in [0.1, 0.15) is 13.1 Å². The summed E-state index contributed by atoms with van der Waals surface area (Å²) in [5.74, 6) is -2.97. The van der Waals surface area contributed by atoms with Gasteiger partial charge < -0.3 is 14.2 Å². The summed E-state index contributed by atoms with van der Waals surface area (Å²) >= 11 is 0. The fraction of sp³-hybridized carbons (Fsp3) is 0.833. The summed E-state index contributed by atoms with van der Waals surface area (Å²) in [4.78, 5) is 38.9. The highest BCUT2D eigenvalue weighted by Crippen LogP contribution is 2.15. The number of carbonyl (C=O) groups is 3. The standard InChI is InChI=1S/C54H98O6/c1-4-7-10-13-16-19-22-25-28-31-34-37-40-43-46-52(55)58-49-51(60-54(57)48-45-42-39-36-33-30-27-24-21-18-15-12-9-6-3)50-59-53(56)47-44-41-38-35-32-29-26-23-20-17-14-11-8-5-2/h16-21,51H,4-15,22-50H2,1-3H3/b19-16-,20-17-,21-18-/i49D2,50D2,51D. The van der Waals surface area contributed by atoms with Gasteiger partial charge in [-0.05, 0) is 96.3 Å². The molecule has 0 aromatic carbocycles. The lowest BCUT2D eigenvalue weighted by Crippen LogP contribution is -2.30. The van der Waals surface area contributed by atoms with Crippen LogP contribution in [0.5, 0.6) is 0 Å². The molecule has 0 radical (unpaired) electrons. The van der Waals surface area contributed by atoms with E-state index in [2.05, 4.69) is 57.2 Å². The van der Waals surface area contributed by atoms with Gasteiger partial charge in [0.15, 0.2) is 6.08 Å². The molecule has 0 aromatic rings. The van der Waals surface area contributed by atoms with Crippen LogP contribution in [0.1, 0.15) is 278 Å². The molecule has 0 aliphatic rings. The van der Waals surface area contributed by atoms with E-state index in [-0.39, 0.29) is 19.3 Å². The first-order valence-electron chi connectivity index (χ1n) is 28.0. The van der Waals surface area contributed by atoms with E-state index in [1.165, 1.54) is 57.8 Å². The zero-order valence-corrected chi connectivity index (χ0v) is 39.5. The lowest BCUT2D eigenvalue weighted by molar-refractivity contribution is -0.167. The molecule has 60 heavy (non-hydrogen) atoms. The second-order valence-electron chi connectivity index (χ2n) is 16.9. The highest BCUT2D eigenvalue weighted by molar-refractivity contribution is 5.71. The number of hydrogen-bond donors (Lipinski definition) is 0. The van der Waals surface area contributed by atoms with Gasteiger partial charge in [0, 0.05) is 19.3 Å². The third kappa shape index (κ3) is 46.7. The summed E-state index contributed by atoms with van der Waals surface area (Å²) in [6, 6.07) is 0. The van der Waals surface area contributed by atoms with Gasteiger partial charge in [-0.1, -0.05) is 192 Å². The molecule has 0 bridgehead atoms. The summed E-state index contributed by atoms with van der Waals surface area (Å²) in [5.41, 5.74) is 0. The van der Waals surface area contributed by atoms with Gasteiger partial charge >= 0.3 is 17.9 Å². The molecule has 0 fully saturated rings. The van der Waals surface area contributed by atoms with Crippen molar-refractivity contribution >= 4 is 17.9 Å². The molecule has 0 saturated heterocycles. The first kappa shape index (κ1) is 48.7. The van der Waals surface area contributed by atoms with E-state index in [0.717, 1.165) is 148 Å². The average molecular weight is 848 g/mol. The van der Waals surface area contributed by atoms with Crippen molar-refractivity contribution in [3.05, 3.63) is 36.5 Å². The molecule has 6 nitrogen and oxygen atoms in total. The molecule has 0 aromatic heterocycles. The molecule has 0 spiro atoms. The molecular formula is C54H98O6. The van der Waals surface area contributed by atoms with Gasteiger partial charge in [0.25, 0.3) is 0 Å². The Bertz CT molecular complexity index is 1170. The largest absolute Gasteiger partial charge is 0.462 e. The van der Waals surface area contributed by atoms with E-state index in [1.54, 1.807) is 0 Å². The Morgan fingerprint density at radius 2 is 0.600 bits per heavy atom. The van der Waals surface area contributed by atoms with Crippen molar-refractivity contribution < 1.29 is 35.4 Å². The molecule has 0 N–H and O–H groups in total. The van der Waals surface area contributed by atoms with Crippen LogP contribution in [-0.4, -0.2) is 37.1 Å². The van der Waals surface area contributed by atoms with Crippen LogP contribution in [0.4, 0.5) is 0 Å². The predicted molar refractivity (Wildman–Crippen MR) is 256 cm³/mol. The number of allylic oxidation sites excluding steroid dienone is 6. The molecule has 0 amide bonds. The van der Waals surface area contributed by atoms with Crippen LogP contribution < -0.4 is 0 Å². The molecule has 0 aliphatic heterocycles. The van der Waals surface area contributed by atoms with Gasteiger partial charge in [-0.15, -0.1) is 0 Å². The third-order valence-corrected chi connectivity index (χ3v) is 10.9. The Morgan fingerprint density at radius 1 is 0.367 bits per heavy atom. The number of rotatable bonds is 47. The minimum Gasteiger partial charge on any atom is -0.462 e. The molecule has 350 valence electrons. The fourth-order valence-corrected chi connectivity index (χ4v) is 7.03. The minimum absolute atomic E-state index is 0.138. The molecular weight excluding hydrogens is 745 g/mol. The minimum atomic E-state index is -3.50. The lowest BCUT2D eigenvalue weighted by atomic mass is 10.1. The van der Waals surface area contributed by atoms with Crippen molar-refractivity contribution in [2.24, 2.45) is 0 Å². The van der Waals surface area contributed by atoms with E-state index in [0.29, 0.717) is 25.7 Å². The molecule has 0 heterocycles. The maximum Gasteiger partial charge on any atom is 0.306 e. The van der Waals surface area contributed by atoms with Crippen molar-refractivity contribution in [2.75, 3.05) is 13.1 Å². The summed E-state index contributed by atoms with van der Waals surface area (Å²) in [5, 5.41) is 0. The van der Waals surface area contributed by atoms with Gasteiger partial charge in [-0.25, -0.2) is 0 Å². The monoisotopic (exact) mass is 848 g/mol. The van der Waals surface area contributed by atoms with E-state index >= 15 is 0 Å². The second-order valence-corrected chi connectivity index (χ2v) is 16.9. The molecule has 0 rings (SSSR count). The van der Waals surface area contributed by atoms with Crippen LogP contribution in [0.3, 0.4) is 0 Å². The van der Waals surface area contributed by atoms with Crippen LogP contribution in [0.15, 0.2) is 36.5 Å². The van der Waals surface area contributed by atoms with E-state index in [1.807, 2.05) is 0 Å². The number of unbranched alkanes of at least 4 members (excludes halogenated alkanes) is 30. The first-order chi connectivity index (χ1) is 31.4. The SMILES string of the molecule is [2H]C([2H])(OC(=O)CCCCCCCCC/C=C\CCCCC)C([2H])(OC(=O)CCCCCCCCC/C=C\CCCCC)C([2H])([2H])OC(=O)CCCCCCCCC/C=C\CCCCC. The molecule has 0 unspecified atom stereocenters. The van der Waals surface area contributed by atoms with Crippen LogP contribution in [0, 0.1) is 0 Å². The van der Waals surface area contributed by atoms with Crippen LogP contribution in [0.2, 0.25) is 0 Å². The summed E-state index contributed by atoms with van der Waals surface area (Å²) in [6.45, 7) is -0.273. The van der Waals surface area contributed by atoms with E-state index in [4.69, 9.17) is 21.1 Å². The van der Waals surface area contributed by atoms with Crippen molar-refractivity contribution in [3.8, 4) is 0 Å². The molecule has 6 heteroatoms. The number of esters is 3. The van der Waals surface area contributed by atoms with Gasteiger partial charge in [-0.3, -0.25) is 14.4 Å². The fourth-order valence-electron chi connectivity index (χ4n) is 7.03. The Morgan fingerprint density at radius 3 is 0.883 bits per heavy atom. The average Bonchev–Trinajstić information content (AvgIpc) is 3.26. The van der Waals surface area contributed by atoms with Crippen LogP contribution in [0.25, 0.3) is 0 Å². The van der Waals surface area contributed by atoms with Crippen molar-refractivity contribution in [1.29, 1.82) is 0 Å². The molecule has 0 atom stereocenters. The Balaban J connectivity index is 5.04. The summed E-state index contributed by atoms with van der Waals surface area (Å²) < 4.78 is 58.8. The van der Waals surface area contributed by atoms with E-state index in [9.17, 15) is 14.4 Å². The smallest absolute Gasteiger partial charge is 0.306 e. The zero-order chi connectivity index (χ0) is 48.2. The number of carbonyl (C=O) groups excluding carboxylic acids is 3. The highest BCUT2D eigenvalue weighted by atomic mass is 16.6. The van der Waals surface area contributed by atoms with Crippen LogP contribution in [-0.2, 0) is 28.6 Å². The maximum atomic E-state index is 13.1. The summed E-state index contributed by atoms with van der Waals surface area (Å²) in [7, 11) is 0. The maximum absolute atomic E-state index is 13.1. The van der Waals surface area contributed by atoms with Crippen molar-refractivity contribution in [2.45, 2.75) is 277 Å². The molecule has 0 aliphatic carbocycles. The van der Waals surface area contributed by atoms with Gasteiger partial charge in [0.05, 0.1) is 6.85 Å². The predicted octanol–water partition coefficient (Wildman–Crippen LogP) is 16.9. The number of ether oxygens (including phenoxy) is 3.